The molecule has 0 spiro atoms. The van der Waals surface area contributed by atoms with Gasteiger partial charge in [0.15, 0.2) is 0 Å². The third kappa shape index (κ3) is 25.0. The van der Waals surface area contributed by atoms with Gasteiger partial charge in [0.1, 0.15) is 0 Å². The molecule has 12 aromatic rings. The average Bonchev–Trinajstić information content (AvgIpc) is 1.56. The average molecular weight is 1250 g/mol. The molecule has 0 heterocycles. The molecule has 0 amide bonds. The Morgan fingerprint density at radius 2 is 0.448 bits per heavy atom. The fourth-order valence-corrected chi connectivity index (χ4v) is 10.4. The quantitative estimate of drug-likeness (QED) is 0.0846. The maximum absolute atomic E-state index is 3.75. The van der Waals surface area contributed by atoms with Crippen LogP contribution in [0.5, 0.6) is 0 Å². The summed E-state index contributed by atoms with van der Waals surface area (Å²) in [5.74, 6) is 0. The second kappa shape index (κ2) is 39.8. The van der Waals surface area contributed by atoms with Gasteiger partial charge in [-0.2, -0.15) is 0 Å². The lowest BCUT2D eigenvalue weighted by molar-refractivity contribution is 1.000. The third-order valence-corrected chi connectivity index (χ3v) is 16.5. The first-order chi connectivity index (χ1) is 46.7. The number of hydrogen-bond donors (Lipinski definition) is 0. The van der Waals surface area contributed by atoms with Gasteiger partial charge in [-0.25, -0.2) is 0 Å². The SMILES string of the molecule is C/C=C/CCc1ccc(-c2ccc(C)cc2)cc1.C/C=C/c1ccc(-c2ccc(C)cc2)cc1.C=CCCc1ccc(-c2ccc(C)cc2)cc1.C=CCc1ccc(-c2ccc(C)cc2)cc1.C=Cc1ccc(-c2ccc(C)cc2)cc1.Cc1ccc(-c2ccc(C)cc2)cc1. The zero-order valence-electron chi connectivity index (χ0n) is 58.4. The summed E-state index contributed by atoms with van der Waals surface area (Å²) >= 11 is 0. The minimum absolute atomic E-state index is 0.939. The van der Waals surface area contributed by atoms with Crippen molar-refractivity contribution in [3.63, 3.8) is 0 Å². The smallest absolute Gasteiger partial charge is 0.0100 e. The highest BCUT2D eigenvalue weighted by Crippen LogP contribution is 2.26. The summed E-state index contributed by atoms with van der Waals surface area (Å²) in [5, 5.41) is 0. The number of rotatable bonds is 16. The summed E-state index contributed by atoms with van der Waals surface area (Å²) in [7, 11) is 0. The molecule has 0 nitrogen and oxygen atoms in total. The minimum atomic E-state index is 0.939. The van der Waals surface area contributed by atoms with Crippen LogP contribution in [0, 0.1) is 48.5 Å². The van der Waals surface area contributed by atoms with Gasteiger partial charge in [0.2, 0.25) is 0 Å². The summed E-state index contributed by atoms with van der Waals surface area (Å²) in [5.41, 5.74) is 30.9. The van der Waals surface area contributed by atoms with Gasteiger partial charge in [-0.05, 0) is 189 Å². The second-order valence-electron chi connectivity index (χ2n) is 24.5. The van der Waals surface area contributed by atoms with Crippen LogP contribution in [0.15, 0.2) is 341 Å². The molecular weight excluding hydrogens is 1150 g/mol. The van der Waals surface area contributed by atoms with E-state index >= 15 is 0 Å². The molecule has 482 valence electrons. The molecule has 0 fully saturated rings. The monoisotopic (exact) mass is 1250 g/mol. The Hall–Kier alpha value is -10.7. The molecule has 0 atom stereocenters. The molecule has 0 saturated carbocycles. The minimum Gasteiger partial charge on any atom is -0.103 e. The van der Waals surface area contributed by atoms with Crippen LogP contribution in [-0.2, 0) is 19.3 Å². The largest absolute Gasteiger partial charge is 0.103 e. The van der Waals surface area contributed by atoms with Gasteiger partial charge in [0, 0.05) is 0 Å². The van der Waals surface area contributed by atoms with Crippen LogP contribution >= 0.6 is 0 Å². The van der Waals surface area contributed by atoms with Crippen LogP contribution in [0.4, 0.5) is 0 Å². The molecule has 0 aliphatic rings. The molecule has 0 unspecified atom stereocenters. The summed E-state index contributed by atoms with van der Waals surface area (Å²) in [6, 6.07) is 104. The Morgan fingerprint density at radius 3 is 0.667 bits per heavy atom. The molecular formula is C96H98. The Morgan fingerprint density at radius 1 is 0.229 bits per heavy atom. The molecule has 12 aromatic carbocycles. The van der Waals surface area contributed by atoms with Gasteiger partial charge in [-0.15, -0.1) is 13.2 Å². The van der Waals surface area contributed by atoms with Crippen LogP contribution in [0.1, 0.15) is 93.5 Å². The van der Waals surface area contributed by atoms with Gasteiger partial charge < -0.3 is 0 Å². The lowest BCUT2D eigenvalue weighted by Crippen LogP contribution is -1.84. The fraction of sp³-hybridized carbons (Fsp3) is 0.146. The van der Waals surface area contributed by atoms with Gasteiger partial charge in [-0.3, -0.25) is 0 Å². The van der Waals surface area contributed by atoms with Crippen molar-refractivity contribution in [1.29, 1.82) is 0 Å². The van der Waals surface area contributed by atoms with Crippen LogP contribution in [0.3, 0.4) is 0 Å². The molecule has 12 rings (SSSR count). The highest BCUT2D eigenvalue weighted by Gasteiger charge is 2.03. The summed E-state index contributed by atoms with van der Waals surface area (Å²) in [4.78, 5) is 0. The Bertz CT molecular complexity index is 4190. The van der Waals surface area contributed by atoms with E-state index in [0.29, 0.717) is 0 Å². The van der Waals surface area contributed by atoms with E-state index in [-0.39, 0.29) is 0 Å². The third-order valence-electron chi connectivity index (χ3n) is 16.5. The highest BCUT2D eigenvalue weighted by molar-refractivity contribution is 5.69. The number of benzene rings is 12. The topological polar surface area (TPSA) is 0 Å². The van der Waals surface area contributed by atoms with Gasteiger partial charge in [0.25, 0.3) is 0 Å². The van der Waals surface area contributed by atoms with Crippen molar-refractivity contribution in [1.82, 2.24) is 0 Å². The zero-order valence-corrected chi connectivity index (χ0v) is 58.4. The van der Waals surface area contributed by atoms with Crippen molar-refractivity contribution in [2.75, 3.05) is 0 Å². The summed E-state index contributed by atoms with van der Waals surface area (Å²) in [6.07, 6.45) is 19.6. The molecule has 0 radical (unpaired) electrons. The van der Waals surface area contributed by atoms with Crippen molar-refractivity contribution >= 4 is 12.2 Å². The highest BCUT2D eigenvalue weighted by atomic mass is 14.1. The van der Waals surface area contributed by atoms with Crippen LogP contribution in [0.2, 0.25) is 0 Å². The van der Waals surface area contributed by atoms with E-state index in [9.17, 15) is 0 Å². The van der Waals surface area contributed by atoms with Gasteiger partial charge in [-0.1, -0.05) is 379 Å². The first-order valence-corrected chi connectivity index (χ1v) is 33.8. The molecule has 96 heavy (non-hydrogen) atoms. The Kier molecular flexibility index (Phi) is 30.2. The van der Waals surface area contributed by atoms with E-state index in [1.165, 1.54) is 128 Å². The van der Waals surface area contributed by atoms with E-state index in [1.54, 1.807) is 0 Å². The predicted octanol–water partition coefficient (Wildman–Crippen LogP) is 27.3. The maximum atomic E-state index is 3.75. The Balaban J connectivity index is 0.000000163. The molecule has 0 aliphatic carbocycles. The van der Waals surface area contributed by atoms with E-state index in [4.69, 9.17) is 0 Å². The lowest BCUT2D eigenvalue weighted by atomic mass is 10.0. The first kappa shape index (κ1) is 72.8. The zero-order chi connectivity index (χ0) is 68.3. The normalized spacial score (nSPS) is 10.4. The van der Waals surface area contributed by atoms with Crippen molar-refractivity contribution in [3.8, 4) is 66.8 Å². The van der Waals surface area contributed by atoms with E-state index < -0.39 is 0 Å². The first-order valence-electron chi connectivity index (χ1n) is 33.8. The van der Waals surface area contributed by atoms with Crippen LogP contribution < -0.4 is 0 Å². The molecule has 0 aliphatic heterocycles. The number of allylic oxidation sites excluding steroid dienone is 5. The van der Waals surface area contributed by atoms with Crippen LogP contribution in [0.25, 0.3) is 78.9 Å². The summed E-state index contributed by atoms with van der Waals surface area (Å²) < 4.78 is 0. The van der Waals surface area contributed by atoms with E-state index in [0.717, 1.165) is 37.7 Å². The maximum Gasteiger partial charge on any atom is -0.0100 e. The molecule has 0 heteroatoms. The standard InChI is InChI=1S/C18H20.C17H18.2C16H16.C15H14.C14H14/c1-3-4-5-6-16-9-13-18(14-10-16)17-11-7-15(2)8-12-17;1-3-4-5-15-8-12-17(13-9-15)16-10-6-14(2)7-11-16;2*1-3-4-14-7-11-16(12-8-14)15-9-5-13(2)6-10-15;1-3-13-6-10-15(11-7-13)14-8-4-12(2)5-9-14;1-11-3-7-13(8-4-11)14-9-5-12(2)6-10-14/h3-4,7-14H,5-6H2,1-2H3;3,6-13H,1,4-5H2,2H3;3-12H,1-2H3;3,5-12H,1,4H2,2H3;3-11H,1H2,2H3;3-10H,1-2H3/b4-3+;;4-3+;;;. The second-order valence-corrected chi connectivity index (χ2v) is 24.5. The van der Waals surface area contributed by atoms with E-state index in [2.05, 4.69) is 391 Å². The molecule has 0 aromatic heterocycles. The lowest BCUT2D eigenvalue weighted by Gasteiger charge is -2.04. The number of aryl methyl sites for hydroxylation is 9. The Labute approximate surface area is 577 Å². The molecule has 0 N–H and O–H groups in total. The van der Waals surface area contributed by atoms with Crippen molar-refractivity contribution < 1.29 is 0 Å². The predicted molar refractivity (Wildman–Crippen MR) is 425 cm³/mol. The van der Waals surface area contributed by atoms with E-state index in [1.807, 2.05) is 25.2 Å². The molecule has 0 bridgehead atoms. The van der Waals surface area contributed by atoms with Crippen LogP contribution in [-0.4, -0.2) is 0 Å². The van der Waals surface area contributed by atoms with Crippen molar-refractivity contribution in [2.24, 2.45) is 0 Å². The van der Waals surface area contributed by atoms with Crippen molar-refractivity contribution in [2.45, 2.75) is 94.4 Å². The van der Waals surface area contributed by atoms with Crippen molar-refractivity contribution in [3.05, 3.63) is 408 Å². The molecule has 0 saturated heterocycles. The summed E-state index contributed by atoms with van der Waals surface area (Å²) in [6.45, 7) is 30.1. The fourth-order valence-electron chi connectivity index (χ4n) is 10.4. The van der Waals surface area contributed by atoms with Gasteiger partial charge >= 0.3 is 0 Å². The van der Waals surface area contributed by atoms with Gasteiger partial charge in [0.05, 0.1) is 0 Å². The number of hydrogen-bond acceptors (Lipinski definition) is 0.